The Morgan fingerprint density at radius 2 is 2.05 bits per heavy atom. The molecule has 1 aromatic rings. The van der Waals surface area contributed by atoms with E-state index in [9.17, 15) is 4.79 Å². The first-order valence-corrected chi connectivity index (χ1v) is 7.45. The fourth-order valence-corrected chi connectivity index (χ4v) is 2.74. The SMILES string of the molecule is COCC(N)C(=O)N1CCN(c2cc(Cl)ccc2C)CC1. The molecule has 1 saturated heterocycles. The van der Waals surface area contributed by atoms with E-state index in [0.29, 0.717) is 13.1 Å². The van der Waals surface area contributed by atoms with Crippen LogP contribution in [0.25, 0.3) is 0 Å². The lowest BCUT2D eigenvalue weighted by atomic mass is 10.1. The first-order chi connectivity index (χ1) is 10.0. The largest absolute Gasteiger partial charge is 0.383 e. The topological polar surface area (TPSA) is 58.8 Å². The average Bonchev–Trinajstić information content (AvgIpc) is 2.49. The number of aryl methyl sites for hydroxylation is 1. The molecule has 116 valence electrons. The van der Waals surface area contributed by atoms with Gasteiger partial charge in [0, 0.05) is 44.0 Å². The summed E-state index contributed by atoms with van der Waals surface area (Å²) in [5.41, 5.74) is 8.13. The molecule has 0 bridgehead atoms. The third kappa shape index (κ3) is 3.87. The van der Waals surface area contributed by atoms with Crippen LogP contribution >= 0.6 is 11.6 Å². The zero-order chi connectivity index (χ0) is 15.4. The van der Waals surface area contributed by atoms with Crippen molar-refractivity contribution >= 4 is 23.2 Å². The summed E-state index contributed by atoms with van der Waals surface area (Å²) >= 11 is 6.07. The number of carbonyl (C=O) groups is 1. The molecule has 5 nitrogen and oxygen atoms in total. The van der Waals surface area contributed by atoms with E-state index < -0.39 is 6.04 Å². The zero-order valence-electron chi connectivity index (χ0n) is 12.5. The van der Waals surface area contributed by atoms with Gasteiger partial charge in [0.05, 0.1) is 6.61 Å². The lowest BCUT2D eigenvalue weighted by Gasteiger charge is -2.37. The number of anilines is 1. The van der Waals surface area contributed by atoms with E-state index in [0.717, 1.165) is 23.8 Å². The Hall–Kier alpha value is -1.30. The maximum atomic E-state index is 12.1. The molecule has 1 atom stereocenters. The Morgan fingerprint density at radius 3 is 2.67 bits per heavy atom. The summed E-state index contributed by atoms with van der Waals surface area (Å²) in [4.78, 5) is 16.2. The van der Waals surface area contributed by atoms with Gasteiger partial charge >= 0.3 is 0 Å². The standard InChI is InChI=1S/C15H22ClN3O2/c1-11-3-4-12(16)9-14(11)18-5-7-19(8-6-18)15(20)13(17)10-21-2/h3-4,9,13H,5-8,10,17H2,1-2H3. The predicted molar refractivity (Wildman–Crippen MR) is 84.8 cm³/mol. The van der Waals surface area contributed by atoms with E-state index >= 15 is 0 Å². The molecular formula is C15H22ClN3O2. The minimum atomic E-state index is -0.575. The highest BCUT2D eigenvalue weighted by molar-refractivity contribution is 6.30. The highest BCUT2D eigenvalue weighted by atomic mass is 35.5. The third-order valence-corrected chi connectivity index (χ3v) is 4.00. The fraction of sp³-hybridized carbons (Fsp3) is 0.533. The van der Waals surface area contributed by atoms with Crippen molar-refractivity contribution in [1.29, 1.82) is 0 Å². The van der Waals surface area contributed by atoms with Crippen molar-refractivity contribution in [1.82, 2.24) is 4.90 Å². The smallest absolute Gasteiger partial charge is 0.241 e. The molecule has 2 N–H and O–H groups in total. The van der Waals surface area contributed by atoms with Crippen LogP contribution in [-0.4, -0.2) is 56.7 Å². The highest BCUT2D eigenvalue weighted by Crippen LogP contribution is 2.25. The molecule has 1 aliphatic rings. The third-order valence-electron chi connectivity index (χ3n) is 3.77. The van der Waals surface area contributed by atoms with Crippen LogP contribution in [-0.2, 0) is 9.53 Å². The molecule has 1 aliphatic heterocycles. The average molecular weight is 312 g/mol. The Bertz CT molecular complexity index is 502. The van der Waals surface area contributed by atoms with E-state index in [4.69, 9.17) is 22.1 Å². The summed E-state index contributed by atoms with van der Waals surface area (Å²) in [5, 5.41) is 0.733. The Morgan fingerprint density at radius 1 is 1.38 bits per heavy atom. The lowest BCUT2D eigenvalue weighted by Crippen LogP contribution is -2.54. The molecule has 0 aromatic heterocycles. The van der Waals surface area contributed by atoms with Gasteiger partial charge in [0.2, 0.25) is 5.91 Å². The summed E-state index contributed by atoms with van der Waals surface area (Å²) in [5.74, 6) is -0.0423. The minimum Gasteiger partial charge on any atom is -0.383 e. The highest BCUT2D eigenvalue weighted by Gasteiger charge is 2.25. The number of hydrogen-bond donors (Lipinski definition) is 1. The molecule has 1 amide bonds. The van der Waals surface area contributed by atoms with Gasteiger partial charge in [0.1, 0.15) is 6.04 Å². The van der Waals surface area contributed by atoms with E-state index in [1.54, 1.807) is 12.0 Å². The monoisotopic (exact) mass is 311 g/mol. The quantitative estimate of drug-likeness (QED) is 0.910. The van der Waals surface area contributed by atoms with Crippen molar-refractivity contribution in [2.75, 3.05) is 44.8 Å². The van der Waals surface area contributed by atoms with Gasteiger partial charge in [-0.2, -0.15) is 0 Å². The van der Waals surface area contributed by atoms with Gasteiger partial charge in [0.25, 0.3) is 0 Å². The van der Waals surface area contributed by atoms with Crippen LogP contribution in [0.1, 0.15) is 5.56 Å². The Labute approximate surface area is 130 Å². The summed E-state index contributed by atoms with van der Waals surface area (Å²) in [7, 11) is 1.55. The minimum absolute atomic E-state index is 0.0423. The van der Waals surface area contributed by atoms with E-state index in [2.05, 4.69) is 11.8 Å². The summed E-state index contributed by atoms with van der Waals surface area (Å²) in [6.45, 7) is 5.23. The van der Waals surface area contributed by atoms with Crippen molar-refractivity contribution in [3.8, 4) is 0 Å². The van der Waals surface area contributed by atoms with E-state index in [-0.39, 0.29) is 12.5 Å². The molecule has 1 heterocycles. The van der Waals surface area contributed by atoms with Gasteiger partial charge in [-0.15, -0.1) is 0 Å². The van der Waals surface area contributed by atoms with E-state index in [1.807, 2.05) is 18.2 Å². The first kappa shape index (κ1) is 16.1. The van der Waals surface area contributed by atoms with Crippen molar-refractivity contribution in [3.63, 3.8) is 0 Å². The molecule has 0 aliphatic carbocycles. The number of ether oxygens (including phenoxy) is 1. The number of hydrogen-bond acceptors (Lipinski definition) is 4. The van der Waals surface area contributed by atoms with Crippen LogP contribution in [0, 0.1) is 6.92 Å². The van der Waals surface area contributed by atoms with Crippen LogP contribution in [0.2, 0.25) is 5.02 Å². The molecule has 0 spiro atoms. The molecule has 1 aromatic carbocycles. The van der Waals surface area contributed by atoms with E-state index in [1.165, 1.54) is 5.56 Å². The van der Waals surface area contributed by atoms with Crippen molar-refractivity contribution in [2.45, 2.75) is 13.0 Å². The van der Waals surface area contributed by atoms with Crippen LogP contribution in [0.5, 0.6) is 0 Å². The maximum Gasteiger partial charge on any atom is 0.241 e. The normalized spacial score (nSPS) is 17.0. The molecule has 0 saturated carbocycles. The number of piperazine rings is 1. The fourth-order valence-electron chi connectivity index (χ4n) is 2.58. The Kier molecular flexibility index (Phi) is 5.45. The Balaban J connectivity index is 1.97. The number of rotatable bonds is 4. The van der Waals surface area contributed by atoms with Gasteiger partial charge in [-0.3, -0.25) is 4.79 Å². The molecule has 0 radical (unpaired) electrons. The van der Waals surface area contributed by atoms with Crippen molar-refractivity contribution in [3.05, 3.63) is 28.8 Å². The predicted octanol–water partition coefficient (Wildman–Crippen LogP) is 1.27. The van der Waals surface area contributed by atoms with Gasteiger partial charge in [-0.25, -0.2) is 0 Å². The van der Waals surface area contributed by atoms with Gasteiger partial charge in [-0.1, -0.05) is 17.7 Å². The van der Waals surface area contributed by atoms with Crippen LogP contribution in [0.3, 0.4) is 0 Å². The lowest BCUT2D eigenvalue weighted by molar-refractivity contribution is -0.134. The second-order valence-electron chi connectivity index (χ2n) is 5.30. The number of nitrogens with zero attached hydrogens (tertiary/aromatic N) is 2. The molecule has 1 fully saturated rings. The number of nitrogens with two attached hydrogens (primary N) is 1. The molecule has 1 unspecified atom stereocenters. The molecular weight excluding hydrogens is 290 g/mol. The zero-order valence-corrected chi connectivity index (χ0v) is 13.3. The second kappa shape index (κ2) is 7.11. The number of amides is 1. The summed E-state index contributed by atoms with van der Waals surface area (Å²) in [6, 6.07) is 5.31. The number of halogens is 1. The molecule has 2 rings (SSSR count). The maximum absolute atomic E-state index is 12.1. The van der Waals surface area contributed by atoms with Crippen LogP contribution < -0.4 is 10.6 Å². The second-order valence-corrected chi connectivity index (χ2v) is 5.74. The molecule has 21 heavy (non-hydrogen) atoms. The molecule has 6 heteroatoms. The van der Waals surface area contributed by atoms with Gasteiger partial charge in [-0.05, 0) is 24.6 Å². The van der Waals surface area contributed by atoms with Crippen LogP contribution in [0.15, 0.2) is 18.2 Å². The number of benzene rings is 1. The van der Waals surface area contributed by atoms with Crippen molar-refractivity contribution < 1.29 is 9.53 Å². The van der Waals surface area contributed by atoms with Crippen LogP contribution in [0.4, 0.5) is 5.69 Å². The van der Waals surface area contributed by atoms with Crippen molar-refractivity contribution in [2.24, 2.45) is 5.73 Å². The van der Waals surface area contributed by atoms with Gasteiger partial charge < -0.3 is 20.3 Å². The number of carbonyl (C=O) groups excluding carboxylic acids is 1. The number of methoxy groups -OCH3 is 1. The summed E-state index contributed by atoms with van der Waals surface area (Å²) in [6.07, 6.45) is 0. The van der Waals surface area contributed by atoms with Gasteiger partial charge in [0.15, 0.2) is 0 Å². The first-order valence-electron chi connectivity index (χ1n) is 7.07. The summed E-state index contributed by atoms with van der Waals surface area (Å²) < 4.78 is 4.94.